The Morgan fingerprint density at radius 1 is 1.38 bits per heavy atom. The van der Waals surface area contributed by atoms with Crippen molar-refractivity contribution in [3.63, 3.8) is 0 Å². The Bertz CT molecular complexity index is 762. The molecule has 1 amide bonds. The van der Waals surface area contributed by atoms with Crippen molar-refractivity contribution < 1.29 is 19.2 Å². The van der Waals surface area contributed by atoms with Crippen molar-refractivity contribution in [2.24, 2.45) is 0 Å². The van der Waals surface area contributed by atoms with E-state index in [1.54, 1.807) is 25.1 Å². The van der Waals surface area contributed by atoms with E-state index in [4.69, 9.17) is 9.47 Å². The molecule has 0 atom stereocenters. The van der Waals surface area contributed by atoms with Gasteiger partial charge in [0.1, 0.15) is 5.69 Å². The smallest absolute Gasteiger partial charge is 0.323 e. The Morgan fingerprint density at radius 2 is 2.08 bits per heavy atom. The third-order valence-corrected chi connectivity index (χ3v) is 4.04. The number of carbonyl (C=O) groups is 1. The molecule has 0 aliphatic rings. The van der Waals surface area contributed by atoms with Gasteiger partial charge in [-0.2, -0.15) is 5.10 Å². The summed E-state index contributed by atoms with van der Waals surface area (Å²) in [5.74, 6) is 0.704. The molecular weight excluding hydrogens is 336 g/mol. The summed E-state index contributed by atoms with van der Waals surface area (Å²) >= 11 is 0.989. The standard InChI is InChI=1S/C14H16N4O5S/c1-8-13(18(20)21)14(17-16-8)24-7-12(19)15-9-4-5-10(22-2)11(6-9)23-3/h4-6H,7H2,1-3H3,(H,15,19)(H,16,17). The average molecular weight is 352 g/mol. The molecule has 0 fully saturated rings. The van der Waals surface area contributed by atoms with Gasteiger partial charge in [0.15, 0.2) is 16.5 Å². The van der Waals surface area contributed by atoms with Gasteiger partial charge >= 0.3 is 5.69 Å². The van der Waals surface area contributed by atoms with Crippen molar-refractivity contribution in [1.29, 1.82) is 0 Å². The van der Waals surface area contributed by atoms with Gasteiger partial charge in [-0.3, -0.25) is 20.0 Å². The van der Waals surface area contributed by atoms with Gasteiger partial charge in [-0.05, 0) is 19.1 Å². The number of hydrogen-bond acceptors (Lipinski definition) is 7. The van der Waals surface area contributed by atoms with Crippen molar-refractivity contribution in [3.05, 3.63) is 34.0 Å². The van der Waals surface area contributed by atoms with E-state index in [0.29, 0.717) is 22.9 Å². The van der Waals surface area contributed by atoms with Gasteiger partial charge in [0.25, 0.3) is 0 Å². The molecule has 24 heavy (non-hydrogen) atoms. The van der Waals surface area contributed by atoms with Crippen molar-refractivity contribution in [3.8, 4) is 11.5 Å². The zero-order chi connectivity index (χ0) is 17.7. The number of aromatic amines is 1. The molecule has 1 aromatic carbocycles. The molecule has 1 heterocycles. The number of rotatable bonds is 7. The molecule has 2 aromatic rings. The number of nitrogens with one attached hydrogen (secondary N) is 2. The molecule has 0 radical (unpaired) electrons. The van der Waals surface area contributed by atoms with Gasteiger partial charge in [0, 0.05) is 11.8 Å². The van der Waals surface area contributed by atoms with E-state index in [-0.39, 0.29) is 22.4 Å². The lowest BCUT2D eigenvalue weighted by molar-refractivity contribution is -0.388. The molecule has 0 bridgehead atoms. The molecule has 2 N–H and O–H groups in total. The van der Waals surface area contributed by atoms with Crippen LogP contribution in [0.3, 0.4) is 0 Å². The zero-order valence-corrected chi connectivity index (χ0v) is 14.1. The molecule has 0 aliphatic carbocycles. The van der Waals surface area contributed by atoms with Crippen LogP contribution in [0.1, 0.15) is 5.69 Å². The fourth-order valence-corrected chi connectivity index (χ4v) is 2.78. The predicted octanol–water partition coefficient (Wildman–Crippen LogP) is 2.37. The maximum atomic E-state index is 12.0. The Morgan fingerprint density at radius 3 is 2.71 bits per heavy atom. The highest BCUT2D eigenvalue weighted by molar-refractivity contribution is 8.00. The number of anilines is 1. The van der Waals surface area contributed by atoms with E-state index in [9.17, 15) is 14.9 Å². The first-order valence-corrected chi connectivity index (χ1v) is 7.78. The first kappa shape index (κ1) is 17.6. The highest BCUT2D eigenvalue weighted by Crippen LogP contribution is 2.31. The van der Waals surface area contributed by atoms with Gasteiger partial charge < -0.3 is 14.8 Å². The lowest BCUT2D eigenvalue weighted by Crippen LogP contribution is -2.14. The SMILES string of the molecule is COc1ccc(NC(=O)CSc2n[nH]c(C)c2[N+](=O)[O-])cc1OC. The molecule has 0 saturated carbocycles. The van der Waals surface area contributed by atoms with E-state index < -0.39 is 4.92 Å². The minimum absolute atomic E-state index is 0.0144. The molecule has 0 saturated heterocycles. The van der Waals surface area contributed by atoms with Crippen LogP contribution in [0.4, 0.5) is 11.4 Å². The van der Waals surface area contributed by atoms with Crippen LogP contribution in [0, 0.1) is 17.0 Å². The number of aryl methyl sites for hydroxylation is 1. The second kappa shape index (κ2) is 7.68. The minimum atomic E-state index is -0.520. The zero-order valence-electron chi connectivity index (χ0n) is 13.3. The fraction of sp³-hybridized carbons (Fsp3) is 0.286. The van der Waals surface area contributed by atoms with Gasteiger partial charge in [0.2, 0.25) is 5.91 Å². The third-order valence-electron chi connectivity index (χ3n) is 3.07. The molecule has 128 valence electrons. The number of methoxy groups -OCH3 is 2. The van der Waals surface area contributed by atoms with E-state index in [1.165, 1.54) is 14.2 Å². The quantitative estimate of drug-likeness (QED) is 0.446. The first-order valence-electron chi connectivity index (χ1n) is 6.80. The number of carbonyl (C=O) groups excluding carboxylic acids is 1. The molecule has 9 nitrogen and oxygen atoms in total. The third kappa shape index (κ3) is 3.96. The van der Waals surface area contributed by atoms with Gasteiger partial charge in [-0.25, -0.2) is 0 Å². The average Bonchev–Trinajstić information content (AvgIpc) is 2.93. The number of hydrogen-bond donors (Lipinski definition) is 2. The molecule has 0 spiro atoms. The summed E-state index contributed by atoms with van der Waals surface area (Å²) in [5, 5.41) is 20.2. The number of nitro groups is 1. The van der Waals surface area contributed by atoms with E-state index in [1.807, 2.05) is 0 Å². The van der Waals surface area contributed by atoms with Crippen LogP contribution in [-0.2, 0) is 4.79 Å². The predicted molar refractivity (Wildman–Crippen MR) is 88.9 cm³/mol. The molecule has 10 heteroatoms. The van der Waals surface area contributed by atoms with Gasteiger partial charge in [-0.1, -0.05) is 11.8 Å². The largest absolute Gasteiger partial charge is 0.493 e. The minimum Gasteiger partial charge on any atom is -0.493 e. The monoisotopic (exact) mass is 352 g/mol. The van der Waals surface area contributed by atoms with E-state index in [0.717, 1.165) is 11.8 Å². The number of aromatic nitrogens is 2. The maximum absolute atomic E-state index is 12.0. The van der Waals surface area contributed by atoms with Crippen molar-refractivity contribution in [2.45, 2.75) is 11.9 Å². The number of nitrogens with zero attached hydrogens (tertiary/aromatic N) is 2. The summed E-state index contributed by atoms with van der Waals surface area (Å²) in [6, 6.07) is 4.97. The molecule has 1 aromatic heterocycles. The van der Waals surface area contributed by atoms with Gasteiger partial charge in [0.05, 0.1) is 24.9 Å². The number of H-pyrrole nitrogens is 1. The second-order valence-electron chi connectivity index (χ2n) is 4.67. The van der Waals surface area contributed by atoms with Crippen LogP contribution in [0.5, 0.6) is 11.5 Å². The van der Waals surface area contributed by atoms with Crippen LogP contribution < -0.4 is 14.8 Å². The Balaban J connectivity index is 2.00. The van der Waals surface area contributed by atoms with E-state index >= 15 is 0 Å². The lowest BCUT2D eigenvalue weighted by atomic mass is 10.2. The number of ether oxygens (including phenoxy) is 2. The molecular formula is C14H16N4O5S. The van der Waals surface area contributed by atoms with Crippen LogP contribution in [0.2, 0.25) is 0 Å². The van der Waals surface area contributed by atoms with Crippen molar-refractivity contribution in [1.82, 2.24) is 10.2 Å². The van der Waals surface area contributed by atoms with Crippen molar-refractivity contribution in [2.75, 3.05) is 25.3 Å². The first-order chi connectivity index (χ1) is 11.5. The molecule has 0 unspecified atom stereocenters. The molecule has 2 rings (SSSR count). The highest BCUT2D eigenvalue weighted by Gasteiger charge is 2.22. The Kier molecular flexibility index (Phi) is 5.64. The number of amides is 1. The van der Waals surface area contributed by atoms with Crippen LogP contribution in [-0.4, -0.2) is 41.0 Å². The molecule has 0 aliphatic heterocycles. The van der Waals surface area contributed by atoms with Crippen LogP contribution in [0.15, 0.2) is 23.2 Å². The summed E-state index contributed by atoms with van der Waals surface area (Å²) in [6.45, 7) is 1.55. The summed E-state index contributed by atoms with van der Waals surface area (Å²) in [4.78, 5) is 22.5. The summed E-state index contributed by atoms with van der Waals surface area (Å²) in [7, 11) is 3.02. The summed E-state index contributed by atoms with van der Waals surface area (Å²) in [5.41, 5.74) is 0.771. The summed E-state index contributed by atoms with van der Waals surface area (Å²) in [6.07, 6.45) is 0. The topological polar surface area (TPSA) is 119 Å². The Hall–Kier alpha value is -2.75. The van der Waals surface area contributed by atoms with Crippen LogP contribution in [0.25, 0.3) is 0 Å². The maximum Gasteiger partial charge on any atom is 0.323 e. The second-order valence-corrected chi connectivity index (χ2v) is 5.63. The summed E-state index contributed by atoms with van der Waals surface area (Å²) < 4.78 is 10.3. The van der Waals surface area contributed by atoms with Gasteiger partial charge in [-0.15, -0.1) is 0 Å². The van der Waals surface area contributed by atoms with Crippen molar-refractivity contribution >= 4 is 29.0 Å². The van der Waals surface area contributed by atoms with Crippen LogP contribution >= 0.6 is 11.8 Å². The number of benzene rings is 1. The number of thioether (sulfide) groups is 1. The normalized spacial score (nSPS) is 10.3. The fourth-order valence-electron chi connectivity index (χ4n) is 1.96. The lowest BCUT2D eigenvalue weighted by Gasteiger charge is -2.10. The Labute approximate surface area is 141 Å². The highest BCUT2D eigenvalue weighted by atomic mass is 32.2. The van der Waals surface area contributed by atoms with E-state index in [2.05, 4.69) is 15.5 Å².